The van der Waals surface area contributed by atoms with Crippen molar-refractivity contribution in [2.75, 3.05) is 5.75 Å². The van der Waals surface area contributed by atoms with Crippen LogP contribution in [0.25, 0.3) is 5.65 Å². The molecule has 1 aromatic carbocycles. The fourth-order valence-electron chi connectivity index (χ4n) is 2.56. The maximum atomic E-state index is 4.26. The molecular formula is C15H14N4S. The Kier molecular flexibility index (Phi) is 2.94. The van der Waals surface area contributed by atoms with E-state index in [0.717, 1.165) is 23.8 Å². The summed E-state index contributed by atoms with van der Waals surface area (Å²) in [6.45, 7) is 0.727. The Morgan fingerprint density at radius 1 is 1.15 bits per heavy atom. The van der Waals surface area contributed by atoms with Gasteiger partial charge in [0.2, 0.25) is 0 Å². The SMILES string of the molecule is c1ccc2c(c1)SCC2NCc1nnc2ccccn12. The first-order valence-electron chi connectivity index (χ1n) is 6.65. The standard InChI is InChI=1S/C15H14N4S/c1-2-6-13-11(5-1)12(10-20-13)16-9-15-18-17-14-7-3-4-8-19(14)15/h1-8,12,16H,9-10H2. The van der Waals surface area contributed by atoms with Gasteiger partial charge in [0.25, 0.3) is 0 Å². The van der Waals surface area contributed by atoms with Crippen molar-refractivity contribution in [3.63, 3.8) is 0 Å². The fourth-order valence-corrected chi connectivity index (χ4v) is 3.75. The zero-order chi connectivity index (χ0) is 13.4. The molecule has 0 amide bonds. The molecule has 4 rings (SSSR count). The summed E-state index contributed by atoms with van der Waals surface area (Å²) < 4.78 is 2.03. The van der Waals surface area contributed by atoms with Crippen LogP contribution in [0.15, 0.2) is 53.6 Å². The number of fused-ring (bicyclic) bond motifs is 2. The Morgan fingerprint density at radius 3 is 3.05 bits per heavy atom. The lowest BCUT2D eigenvalue weighted by molar-refractivity contribution is 0.564. The zero-order valence-corrected chi connectivity index (χ0v) is 11.7. The lowest BCUT2D eigenvalue weighted by Gasteiger charge is -2.12. The second-order valence-corrected chi connectivity index (χ2v) is 5.89. The summed E-state index contributed by atoms with van der Waals surface area (Å²) in [6, 6.07) is 14.9. The van der Waals surface area contributed by atoms with Crippen LogP contribution in [0, 0.1) is 0 Å². The number of benzene rings is 1. The molecule has 100 valence electrons. The smallest absolute Gasteiger partial charge is 0.160 e. The largest absolute Gasteiger partial charge is 0.302 e. The second kappa shape index (κ2) is 4.92. The predicted octanol–water partition coefficient (Wildman–Crippen LogP) is 2.67. The Morgan fingerprint density at radius 2 is 2.05 bits per heavy atom. The number of nitrogens with zero attached hydrogens (tertiary/aromatic N) is 3. The van der Waals surface area contributed by atoms with Gasteiger partial charge in [0, 0.05) is 22.9 Å². The van der Waals surface area contributed by atoms with Crippen molar-refractivity contribution < 1.29 is 0 Å². The van der Waals surface area contributed by atoms with Gasteiger partial charge in [0.05, 0.1) is 6.54 Å². The highest BCUT2D eigenvalue weighted by molar-refractivity contribution is 7.99. The molecule has 3 aromatic rings. The van der Waals surface area contributed by atoms with Crippen molar-refractivity contribution in [2.24, 2.45) is 0 Å². The van der Waals surface area contributed by atoms with E-state index in [-0.39, 0.29) is 0 Å². The van der Waals surface area contributed by atoms with Gasteiger partial charge in [-0.1, -0.05) is 24.3 Å². The number of nitrogens with one attached hydrogen (secondary N) is 1. The van der Waals surface area contributed by atoms with Gasteiger partial charge in [-0.05, 0) is 23.8 Å². The quantitative estimate of drug-likeness (QED) is 0.802. The minimum absolute atomic E-state index is 0.396. The highest BCUT2D eigenvalue weighted by Crippen LogP contribution is 2.37. The van der Waals surface area contributed by atoms with E-state index in [2.05, 4.69) is 39.8 Å². The molecule has 0 spiro atoms. The average Bonchev–Trinajstić information content (AvgIpc) is 3.09. The first kappa shape index (κ1) is 11.9. The molecule has 1 aliphatic rings. The molecule has 20 heavy (non-hydrogen) atoms. The van der Waals surface area contributed by atoms with Crippen LogP contribution in [-0.2, 0) is 6.54 Å². The third kappa shape index (κ3) is 1.99. The zero-order valence-electron chi connectivity index (χ0n) is 10.9. The Balaban J connectivity index is 1.54. The predicted molar refractivity (Wildman–Crippen MR) is 79.7 cm³/mol. The summed E-state index contributed by atoms with van der Waals surface area (Å²) >= 11 is 1.91. The Labute approximate surface area is 121 Å². The average molecular weight is 282 g/mol. The molecule has 5 heteroatoms. The summed E-state index contributed by atoms with van der Waals surface area (Å²) in [5.41, 5.74) is 2.29. The number of hydrogen-bond donors (Lipinski definition) is 1. The normalized spacial score (nSPS) is 17.5. The number of thioether (sulfide) groups is 1. The van der Waals surface area contributed by atoms with Crippen molar-refractivity contribution in [1.82, 2.24) is 19.9 Å². The second-order valence-electron chi connectivity index (χ2n) is 4.83. The molecule has 0 radical (unpaired) electrons. The summed E-state index contributed by atoms with van der Waals surface area (Å²) in [5, 5.41) is 12.0. The molecule has 0 saturated heterocycles. The van der Waals surface area contributed by atoms with Crippen molar-refractivity contribution >= 4 is 17.4 Å². The maximum absolute atomic E-state index is 4.26. The molecule has 0 fully saturated rings. The third-order valence-corrected chi connectivity index (χ3v) is 4.77. The minimum Gasteiger partial charge on any atom is -0.302 e. The van der Waals surface area contributed by atoms with Crippen LogP contribution < -0.4 is 5.32 Å². The Bertz CT molecular complexity index is 752. The summed E-state index contributed by atoms with van der Waals surface area (Å²) in [5.74, 6) is 2.03. The van der Waals surface area contributed by atoms with Crippen LogP contribution in [0.5, 0.6) is 0 Å². The third-order valence-electron chi connectivity index (χ3n) is 3.59. The van der Waals surface area contributed by atoms with E-state index in [1.54, 1.807) is 0 Å². The van der Waals surface area contributed by atoms with E-state index in [4.69, 9.17) is 0 Å². The van der Waals surface area contributed by atoms with Crippen LogP contribution in [-0.4, -0.2) is 20.4 Å². The van der Waals surface area contributed by atoms with Crippen LogP contribution in [0.4, 0.5) is 0 Å². The van der Waals surface area contributed by atoms with Crippen LogP contribution in [0.3, 0.4) is 0 Å². The molecule has 1 atom stereocenters. The van der Waals surface area contributed by atoms with Gasteiger partial charge in [-0.2, -0.15) is 0 Å². The van der Waals surface area contributed by atoms with Gasteiger partial charge in [-0.25, -0.2) is 0 Å². The van der Waals surface area contributed by atoms with Gasteiger partial charge < -0.3 is 5.32 Å². The summed E-state index contributed by atoms with van der Waals surface area (Å²) in [4.78, 5) is 1.39. The first-order valence-corrected chi connectivity index (χ1v) is 7.64. The van der Waals surface area contributed by atoms with Gasteiger partial charge in [0.1, 0.15) is 0 Å². The number of rotatable bonds is 3. The molecule has 0 saturated carbocycles. The summed E-state index contributed by atoms with van der Waals surface area (Å²) in [6.07, 6.45) is 2.00. The van der Waals surface area contributed by atoms with Crippen LogP contribution >= 0.6 is 11.8 Å². The molecule has 1 aliphatic heterocycles. The topological polar surface area (TPSA) is 42.2 Å². The van der Waals surface area contributed by atoms with E-state index >= 15 is 0 Å². The molecule has 0 bridgehead atoms. The molecule has 1 N–H and O–H groups in total. The highest BCUT2D eigenvalue weighted by Gasteiger charge is 2.22. The highest BCUT2D eigenvalue weighted by atomic mass is 32.2. The van der Waals surface area contributed by atoms with Gasteiger partial charge in [-0.15, -0.1) is 22.0 Å². The number of pyridine rings is 1. The first-order chi connectivity index (χ1) is 9.92. The van der Waals surface area contributed by atoms with Crippen molar-refractivity contribution in [3.8, 4) is 0 Å². The molecular weight excluding hydrogens is 268 g/mol. The van der Waals surface area contributed by atoms with Gasteiger partial charge in [0.15, 0.2) is 11.5 Å². The van der Waals surface area contributed by atoms with Gasteiger partial charge >= 0.3 is 0 Å². The van der Waals surface area contributed by atoms with Crippen LogP contribution in [0.2, 0.25) is 0 Å². The van der Waals surface area contributed by atoms with Crippen LogP contribution in [0.1, 0.15) is 17.4 Å². The van der Waals surface area contributed by atoms with Crippen molar-refractivity contribution in [1.29, 1.82) is 0 Å². The molecule has 0 aliphatic carbocycles. The summed E-state index contributed by atoms with van der Waals surface area (Å²) in [7, 11) is 0. The van der Waals surface area contributed by atoms with E-state index in [1.807, 2.05) is 40.6 Å². The molecule has 1 unspecified atom stereocenters. The monoisotopic (exact) mass is 282 g/mol. The molecule has 3 heterocycles. The van der Waals surface area contributed by atoms with Gasteiger partial charge in [-0.3, -0.25) is 4.40 Å². The molecule has 4 nitrogen and oxygen atoms in total. The van der Waals surface area contributed by atoms with E-state index in [0.29, 0.717) is 6.04 Å². The van der Waals surface area contributed by atoms with E-state index in [1.165, 1.54) is 10.5 Å². The Hall–Kier alpha value is -1.85. The van der Waals surface area contributed by atoms with E-state index in [9.17, 15) is 0 Å². The van der Waals surface area contributed by atoms with Crippen molar-refractivity contribution in [3.05, 3.63) is 60.0 Å². The minimum atomic E-state index is 0.396. The lowest BCUT2D eigenvalue weighted by Crippen LogP contribution is -2.21. The van der Waals surface area contributed by atoms with E-state index < -0.39 is 0 Å². The number of aromatic nitrogens is 3. The lowest BCUT2D eigenvalue weighted by atomic mass is 10.1. The molecule has 2 aromatic heterocycles. The number of hydrogen-bond acceptors (Lipinski definition) is 4. The fraction of sp³-hybridized carbons (Fsp3) is 0.200. The maximum Gasteiger partial charge on any atom is 0.160 e. The van der Waals surface area contributed by atoms with Crippen molar-refractivity contribution in [2.45, 2.75) is 17.5 Å².